The Morgan fingerprint density at radius 1 is 1.17 bits per heavy atom. The number of rotatable bonds is 3. The van der Waals surface area contributed by atoms with Crippen molar-refractivity contribution in [2.75, 3.05) is 0 Å². The molecule has 0 aliphatic carbocycles. The number of carbonyl (C=O) groups excluding carboxylic acids is 1. The minimum absolute atomic E-state index is 0.0158. The fourth-order valence-electron chi connectivity index (χ4n) is 2.71. The van der Waals surface area contributed by atoms with Gasteiger partial charge in [0.25, 0.3) is 0 Å². The third-order valence-electron chi connectivity index (χ3n) is 3.70. The molecule has 0 saturated heterocycles. The summed E-state index contributed by atoms with van der Waals surface area (Å²) in [6.45, 7) is 0. The molecule has 1 amide bonds. The lowest BCUT2D eigenvalue weighted by Gasteiger charge is -2.32. The van der Waals surface area contributed by atoms with E-state index in [1.54, 1.807) is 24.3 Å². The molecule has 7 nitrogen and oxygen atoms in total. The van der Waals surface area contributed by atoms with Crippen LogP contribution in [0.5, 0.6) is 17.2 Å². The van der Waals surface area contributed by atoms with Gasteiger partial charge in [0.1, 0.15) is 28.6 Å². The summed E-state index contributed by atoms with van der Waals surface area (Å²) in [5.74, 6) is -1.26. The number of hydrogen-bond acceptors (Lipinski definition) is 6. The Labute approximate surface area is 137 Å². The van der Waals surface area contributed by atoms with Crippen molar-refractivity contribution >= 4 is 11.7 Å². The highest BCUT2D eigenvalue weighted by Crippen LogP contribution is 2.47. The maximum absolute atomic E-state index is 11.6. The predicted octanol–water partition coefficient (Wildman–Crippen LogP) is 1.61. The topological polar surface area (TPSA) is 119 Å². The van der Waals surface area contributed by atoms with E-state index < -0.39 is 23.7 Å². The zero-order valence-corrected chi connectivity index (χ0v) is 12.4. The van der Waals surface area contributed by atoms with Crippen molar-refractivity contribution in [1.82, 2.24) is 5.48 Å². The van der Waals surface area contributed by atoms with Gasteiger partial charge in [-0.3, -0.25) is 10.0 Å². The molecule has 7 heteroatoms. The van der Waals surface area contributed by atoms with Crippen LogP contribution >= 0.6 is 0 Å². The molecule has 1 aliphatic rings. The van der Waals surface area contributed by atoms with Crippen LogP contribution in [0, 0.1) is 0 Å². The number of hydrogen-bond donors (Lipinski definition) is 5. The smallest absolute Gasteiger partial charge is 0.246 e. The number of phenolic OH excluding ortho intramolecular Hbond substituents is 2. The minimum Gasteiger partial charge on any atom is -0.508 e. The maximum atomic E-state index is 11.6. The number of aliphatic hydroxyl groups is 1. The van der Waals surface area contributed by atoms with Crippen LogP contribution in [0.25, 0.3) is 5.76 Å². The van der Waals surface area contributed by atoms with Crippen LogP contribution < -0.4 is 10.2 Å². The van der Waals surface area contributed by atoms with Crippen LogP contribution in [0.2, 0.25) is 0 Å². The number of carbonyl (C=O) groups is 1. The van der Waals surface area contributed by atoms with Crippen LogP contribution in [0.4, 0.5) is 0 Å². The van der Waals surface area contributed by atoms with E-state index in [2.05, 4.69) is 0 Å². The average Bonchev–Trinajstić information content (AvgIpc) is 2.54. The predicted molar refractivity (Wildman–Crippen MR) is 83.3 cm³/mol. The van der Waals surface area contributed by atoms with Crippen molar-refractivity contribution in [2.45, 2.75) is 12.0 Å². The molecule has 124 valence electrons. The van der Waals surface area contributed by atoms with Crippen molar-refractivity contribution in [1.29, 1.82) is 0 Å². The second kappa shape index (κ2) is 5.88. The fourth-order valence-corrected chi connectivity index (χ4v) is 2.71. The van der Waals surface area contributed by atoms with Gasteiger partial charge in [0.05, 0.1) is 12.0 Å². The zero-order chi connectivity index (χ0) is 17.3. The highest BCUT2D eigenvalue weighted by molar-refractivity contribution is 5.79. The van der Waals surface area contributed by atoms with Crippen molar-refractivity contribution in [3.8, 4) is 17.2 Å². The van der Waals surface area contributed by atoms with E-state index in [0.717, 1.165) is 6.07 Å². The molecule has 0 spiro atoms. The van der Waals surface area contributed by atoms with Gasteiger partial charge in [-0.25, -0.2) is 5.48 Å². The van der Waals surface area contributed by atoms with Gasteiger partial charge in [0, 0.05) is 17.7 Å². The summed E-state index contributed by atoms with van der Waals surface area (Å²) < 4.78 is 5.68. The molecule has 1 aliphatic heterocycles. The molecule has 0 aromatic heterocycles. The molecule has 1 atom stereocenters. The summed E-state index contributed by atoms with van der Waals surface area (Å²) in [5, 5.41) is 39.5. The quantitative estimate of drug-likeness (QED) is 0.431. The highest BCUT2D eigenvalue weighted by atomic mass is 16.5. The first-order chi connectivity index (χ1) is 11.4. The largest absolute Gasteiger partial charge is 0.508 e. The summed E-state index contributed by atoms with van der Waals surface area (Å²) in [6.07, 6.45) is 0.741. The Hall–Kier alpha value is -3.03. The van der Waals surface area contributed by atoms with Crippen LogP contribution in [0.15, 0.2) is 48.5 Å². The first-order valence-electron chi connectivity index (χ1n) is 7.11. The summed E-state index contributed by atoms with van der Waals surface area (Å²) in [4.78, 5) is 11.6. The second-order valence-electron chi connectivity index (χ2n) is 5.45. The molecule has 1 heterocycles. The maximum Gasteiger partial charge on any atom is 0.246 e. The first-order valence-corrected chi connectivity index (χ1v) is 7.11. The molecule has 0 bridgehead atoms. The highest BCUT2D eigenvalue weighted by Gasteiger charge is 2.40. The van der Waals surface area contributed by atoms with Gasteiger partial charge >= 0.3 is 0 Å². The van der Waals surface area contributed by atoms with Gasteiger partial charge in [-0.05, 0) is 6.08 Å². The van der Waals surface area contributed by atoms with E-state index in [4.69, 9.17) is 9.94 Å². The summed E-state index contributed by atoms with van der Waals surface area (Å²) in [7, 11) is 0. The van der Waals surface area contributed by atoms with Crippen LogP contribution in [-0.4, -0.2) is 26.4 Å². The Morgan fingerprint density at radius 2 is 1.88 bits per heavy atom. The summed E-state index contributed by atoms with van der Waals surface area (Å²) >= 11 is 0. The molecule has 5 N–H and O–H groups in total. The average molecular weight is 329 g/mol. The molecule has 0 radical (unpaired) electrons. The summed E-state index contributed by atoms with van der Waals surface area (Å²) in [6, 6.07) is 11.1. The van der Waals surface area contributed by atoms with Crippen LogP contribution in [-0.2, 0) is 10.4 Å². The monoisotopic (exact) mass is 329 g/mol. The third kappa shape index (κ3) is 2.78. The SMILES string of the molecule is O=C(CC1(O)C=C(c2ccccc2)Oc2cc(O)cc(O)c21)NO. The lowest BCUT2D eigenvalue weighted by molar-refractivity contribution is -0.133. The van der Waals surface area contributed by atoms with Crippen LogP contribution in [0.1, 0.15) is 17.5 Å². The first kappa shape index (κ1) is 15.9. The van der Waals surface area contributed by atoms with Gasteiger partial charge in [0.15, 0.2) is 0 Å². The van der Waals surface area contributed by atoms with Crippen molar-refractivity contribution in [3.63, 3.8) is 0 Å². The molecule has 2 aromatic carbocycles. The normalized spacial score (nSPS) is 19.0. The lowest BCUT2D eigenvalue weighted by atomic mass is 9.85. The van der Waals surface area contributed by atoms with E-state index in [-0.39, 0.29) is 22.8 Å². The Bertz CT molecular complexity index is 817. The standard InChI is InChI=1S/C17H15NO6/c19-11-6-12(20)16-13(7-11)24-14(10-4-2-1-3-5-10)8-17(16,22)9-15(21)18-23/h1-8,19-20,22-23H,9H2,(H,18,21). The minimum atomic E-state index is -1.93. The lowest BCUT2D eigenvalue weighted by Crippen LogP contribution is -2.34. The van der Waals surface area contributed by atoms with E-state index >= 15 is 0 Å². The number of benzene rings is 2. The summed E-state index contributed by atoms with van der Waals surface area (Å²) in [5.41, 5.74) is 0.0935. The van der Waals surface area contributed by atoms with Crippen LogP contribution in [0.3, 0.4) is 0 Å². The van der Waals surface area contributed by atoms with Gasteiger partial charge in [-0.2, -0.15) is 0 Å². The van der Waals surface area contributed by atoms with Gasteiger partial charge in [-0.1, -0.05) is 30.3 Å². The number of phenols is 2. The third-order valence-corrected chi connectivity index (χ3v) is 3.70. The Morgan fingerprint density at radius 3 is 2.54 bits per heavy atom. The van der Waals surface area contributed by atoms with E-state index in [9.17, 15) is 20.1 Å². The van der Waals surface area contributed by atoms with Crippen molar-refractivity contribution < 1.29 is 30.1 Å². The number of aromatic hydroxyl groups is 2. The fraction of sp³-hybridized carbons (Fsp3) is 0.118. The number of hydroxylamine groups is 1. The van der Waals surface area contributed by atoms with Crippen molar-refractivity contribution in [2.24, 2.45) is 0 Å². The van der Waals surface area contributed by atoms with Gasteiger partial charge in [0.2, 0.25) is 5.91 Å². The molecule has 24 heavy (non-hydrogen) atoms. The van der Waals surface area contributed by atoms with E-state index in [1.165, 1.54) is 17.6 Å². The Kier molecular flexibility index (Phi) is 3.88. The molecular formula is C17H15NO6. The molecule has 0 saturated carbocycles. The number of ether oxygens (including phenoxy) is 1. The van der Waals surface area contributed by atoms with Gasteiger partial charge < -0.3 is 20.1 Å². The molecule has 1 unspecified atom stereocenters. The molecule has 0 fully saturated rings. The molecule has 3 rings (SSSR count). The molecule has 2 aromatic rings. The van der Waals surface area contributed by atoms with E-state index in [1.807, 2.05) is 6.07 Å². The van der Waals surface area contributed by atoms with E-state index in [0.29, 0.717) is 5.56 Å². The molecular weight excluding hydrogens is 314 g/mol. The second-order valence-corrected chi connectivity index (χ2v) is 5.45. The number of nitrogens with one attached hydrogen (secondary N) is 1. The van der Waals surface area contributed by atoms with Gasteiger partial charge in [-0.15, -0.1) is 0 Å². The number of fused-ring (bicyclic) bond motifs is 1. The number of amides is 1. The van der Waals surface area contributed by atoms with Crippen molar-refractivity contribution in [3.05, 3.63) is 59.7 Å². The Balaban J connectivity index is 2.17. The zero-order valence-electron chi connectivity index (χ0n) is 12.4.